The summed E-state index contributed by atoms with van der Waals surface area (Å²) in [5.74, 6) is 0.730. The number of aromatic nitrogens is 2. The quantitative estimate of drug-likeness (QED) is 0.590. The van der Waals surface area contributed by atoms with Gasteiger partial charge >= 0.3 is 0 Å². The van der Waals surface area contributed by atoms with Crippen LogP contribution in [0.15, 0.2) is 48.8 Å². The molecule has 0 unspecified atom stereocenters. The number of piperazine rings is 1. The van der Waals surface area contributed by atoms with Gasteiger partial charge in [0.05, 0.1) is 12.1 Å². The number of carbonyl (C=O) groups is 1. The van der Waals surface area contributed by atoms with E-state index in [-0.39, 0.29) is 5.91 Å². The Morgan fingerprint density at radius 3 is 2.59 bits per heavy atom. The number of carbonyl (C=O) groups excluding carboxylic acids is 1. The van der Waals surface area contributed by atoms with Gasteiger partial charge in [-0.1, -0.05) is 19.1 Å². The van der Waals surface area contributed by atoms with E-state index in [1.165, 1.54) is 5.56 Å². The maximum Gasteiger partial charge on any atom is 0.238 e. The molecule has 2 aromatic carbocycles. The Kier molecular flexibility index (Phi) is 6.97. The highest BCUT2D eigenvalue weighted by atomic mass is 16.2. The first kappa shape index (κ1) is 22.2. The van der Waals surface area contributed by atoms with Gasteiger partial charge in [-0.05, 0) is 56.2 Å². The average molecular weight is 433 g/mol. The molecule has 0 saturated carbocycles. The van der Waals surface area contributed by atoms with Gasteiger partial charge in [0, 0.05) is 49.0 Å². The Bertz CT molecular complexity index is 1070. The van der Waals surface area contributed by atoms with Gasteiger partial charge in [0.2, 0.25) is 5.91 Å². The van der Waals surface area contributed by atoms with E-state index in [1.54, 1.807) is 6.33 Å². The third kappa shape index (κ3) is 5.41. The third-order valence-electron chi connectivity index (χ3n) is 6.02. The van der Waals surface area contributed by atoms with Crippen molar-refractivity contribution in [2.75, 3.05) is 43.4 Å². The second kappa shape index (κ2) is 10.1. The number of hydrogen-bond donors (Lipinski definition) is 2. The van der Waals surface area contributed by atoms with E-state index >= 15 is 0 Å². The number of rotatable bonds is 7. The van der Waals surface area contributed by atoms with Crippen LogP contribution >= 0.6 is 0 Å². The van der Waals surface area contributed by atoms with E-state index in [1.807, 2.05) is 30.3 Å². The van der Waals surface area contributed by atoms with Crippen LogP contribution in [0.3, 0.4) is 0 Å². The fourth-order valence-corrected chi connectivity index (χ4v) is 4.08. The summed E-state index contributed by atoms with van der Waals surface area (Å²) in [5, 5.41) is 7.32. The Labute approximate surface area is 189 Å². The molecule has 0 bridgehead atoms. The summed E-state index contributed by atoms with van der Waals surface area (Å²) in [4.78, 5) is 26.1. The van der Waals surface area contributed by atoms with Crippen LogP contribution in [0.25, 0.3) is 10.9 Å². The molecule has 1 aliphatic rings. The maximum atomic E-state index is 12.7. The molecular formula is C25H32N6O. The number of hydrogen-bond acceptors (Lipinski definition) is 6. The molecule has 0 atom stereocenters. The fourth-order valence-electron chi connectivity index (χ4n) is 4.08. The third-order valence-corrected chi connectivity index (χ3v) is 6.02. The highest BCUT2D eigenvalue weighted by Gasteiger charge is 2.20. The Morgan fingerprint density at radius 2 is 1.84 bits per heavy atom. The smallest absolute Gasteiger partial charge is 0.238 e. The van der Waals surface area contributed by atoms with Crippen LogP contribution < -0.4 is 10.6 Å². The molecule has 1 amide bonds. The lowest BCUT2D eigenvalue weighted by molar-refractivity contribution is -0.117. The number of nitrogens with one attached hydrogen (secondary N) is 2. The van der Waals surface area contributed by atoms with Crippen LogP contribution in [-0.2, 0) is 11.2 Å². The van der Waals surface area contributed by atoms with Gasteiger partial charge in [0.25, 0.3) is 0 Å². The maximum absolute atomic E-state index is 12.7. The molecule has 7 nitrogen and oxygen atoms in total. The van der Waals surface area contributed by atoms with E-state index in [0.717, 1.165) is 60.7 Å². The van der Waals surface area contributed by atoms with Crippen molar-refractivity contribution in [3.63, 3.8) is 0 Å². The summed E-state index contributed by atoms with van der Waals surface area (Å²) in [6, 6.07) is 14.6. The van der Waals surface area contributed by atoms with E-state index in [0.29, 0.717) is 12.6 Å². The Hall–Kier alpha value is -3.03. The van der Waals surface area contributed by atoms with Gasteiger partial charge < -0.3 is 10.6 Å². The average Bonchev–Trinajstić information content (AvgIpc) is 2.80. The van der Waals surface area contributed by atoms with Crippen LogP contribution in [-0.4, -0.2) is 64.4 Å². The highest BCUT2D eigenvalue weighted by Crippen LogP contribution is 2.26. The number of benzene rings is 2. The predicted octanol–water partition coefficient (Wildman–Crippen LogP) is 3.90. The molecule has 4 rings (SSSR count). The molecule has 2 heterocycles. The number of aryl methyl sites for hydroxylation is 1. The number of anilines is 3. The molecule has 0 aliphatic carbocycles. The molecule has 1 aliphatic heterocycles. The summed E-state index contributed by atoms with van der Waals surface area (Å²) in [5.41, 5.74) is 3.83. The molecule has 2 N–H and O–H groups in total. The second-order valence-electron chi connectivity index (χ2n) is 8.59. The summed E-state index contributed by atoms with van der Waals surface area (Å²) in [7, 11) is 0. The van der Waals surface area contributed by atoms with E-state index < -0.39 is 0 Å². The summed E-state index contributed by atoms with van der Waals surface area (Å²) in [6.45, 7) is 10.8. The van der Waals surface area contributed by atoms with Gasteiger partial charge in [-0.3, -0.25) is 14.6 Å². The van der Waals surface area contributed by atoms with Crippen LogP contribution in [0.5, 0.6) is 0 Å². The van der Waals surface area contributed by atoms with Gasteiger partial charge in [-0.25, -0.2) is 9.97 Å². The SMILES string of the molecule is CCc1cccc(Nc2ncnc3ccc(NC(=O)CN4CCN(C(C)C)CC4)cc23)c1. The van der Waals surface area contributed by atoms with E-state index in [9.17, 15) is 4.79 Å². The molecule has 0 spiro atoms. The van der Waals surface area contributed by atoms with Crippen LogP contribution in [0.2, 0.25) is 0 Å². The van der Waals surface area contributed by atoms with Crippen molar-refractivity contribution in [2.24, 2.45) is 0 Å². The zero-order valence-corrected chi connectivity index (χ0v) is 19.1. The summed E-state index contributed by atoms with van der Waals surface area (Å²) < 4.78 is 0. The topological polar surface area (TPSA) is 73.4 Å². The second-order valence-corrected chi connectivity index (χ2v) is 8.59. The summed E-state index contributed by atoms with van der Waals surface area (Å²) >= 11 is 0. The predicted molar refractivity (Wildman–Crippen MR) is 130 cm³/mol. The van der Waals surface area contributed by atoms with Crippen LogP contribution in [0.1, 0.15) is 26.3 Å². The first-order chi connectivity index (χ1) is 15.5. The first-order valence-corrected chi connectivity index (χ1v) is 11.4. The zero-order chi connectivity index (χ0) is 22.5. The van der Waals surface area contributed by atoms with Gasteiger partial charge in [-0.2, -0.15) is 0 Å². The molecule has 1 saturated heterocycles. The minimum Gasteiger partial charge on any atom is -0.340 e. The summed E-state index contributed by atoms with van der Waals surface area (Å²) in [6.07, 6.45) is 2.53. The van der Waals surface area contributed by atoms with Crippen molar-refractivity contribution >= 4 is 34.0 Å². The van der Waals surface area contributed by atoms with Crippen LogP contribution in [0, 0.1) is 0 Å². The van der Waals surface area contributed by atoms with Crippen molar-refractivity contribution in [3.8, 4) is 0 Å². The lowest BCUT2D eigenvalue weighted by atomic mass is 10.1. The molecular weight excluding hydrogens is 400 g/mol. The van der Waals surface area contributed by atoms with Crippen molar-refractivity contribution < 1.29 is 4.79 Å². The molecule has 0 radical (unpaired) electrons. The van der Waals surface area contributed by atoms with Crippen molar-refractivity contribution in [1.29, 1.82) is 0 Å². The molecule has 168 valence electrons. The Balaban J connectivity index is 1.44. The lowest BCUT2D eigenvalue weighted by Gasteiger charge is -2.36. The monoisotopic (exact) mass is 432 g/mol. The minimum atomic E-state index is 0.00403. The van der Waals surface area contributed by atoms with E-state index in [2.05, 4.69) is 63.3 Å². The highest BCUT2D eigenvalue weighted by molar-refractivity contribution is 5.97. The van der Waals surface area contributed by atoms with Gasteiger partial charge in [-0.15, -0.1) is 0 Å². The fraction of sp³-hybridized carbons (Fsp3) is 0.400. The number of fused-ring (bicyclic) bond motifs is 1. The van der Waals surface area contributed by atoms with Gasteiger partial charge in [0.15, 0.2) is 0 Å². The van der Waals surface area contributed by atoms with E-state index in [4.69, 9.17) is 0 Å². The largest absolute Gasteiger partial charge is 0.340 e. The normalized spacial score (nSPS) is 15.2. The van der Waals surface area contributed by atoms with Crippen molar-refractivity contribution in [3.05, 3.63) is 54.4 Å². The molecule has 7 heteroatoms. The molecule has 3 aromatic rings. The molecule has 1 aromatic heterocycles. The van der Waals surface area contributed by atoms with Crippen molar-refractivity contribution in [1.82, 2.24) is 19.8 Å². The lowest BCUT2D eigenvalue weighted by Crippen LogP contribution is -2.50. The van der Waals surface area contributed by atoms with Crippen molar-refractivity contribution in [2.45, 2.75) is 33.2 Å². The molecule has 1 fully saturated rings. The molecule has 32 heavy (non-hydrogen) atoms. The standard InChI is InChI=1S/C25H32N6O/c1-4-19-6-5-7-20(14-19)29-25-22-15-21(8-9-23(22)26-17-27-25)28-24(32)16-30-10-12-31(13-11-30)18(2)3/h5-9,14-15,17-18H,4,10-13,16H2,1-3H3,(H,28,32)(H,26,27,29). The zero-order valence-electron chi connectivity index (χ0n) is 19.1. The van der Waals surface area contributed by atoms with Gasteiger partial charge in [0.1, 0.15) is 12.1 Å². The number of amides is 1. The Morgan fingerprint density at radius 1 is 1.03 bits per heavy atom. The number of nitrogens with zero attached hydrogens (tertiary/aromatic N) is 4. The minimum absolute atomic E-state index is 0.00403. The first-order valence-electron chi connectivity index (χ1n) is 11.4. The van der Waals surface area contributed by atoms with Crippen LogP contribution in [0.4, 0.5) is 17.2 Å².